The molecule has 0 heterocycles. The number of halogens is 2. The molecule has 1 aromatic rings. The standard InChI is InChI=1S/C14H22ClFN2/c1-14(2,3)17-8-9-18(4)10-11-6-5-7-12(15)13(11)16/h5-7,17H,8-10H2,1-4H3. The maximum absolute atomic E-state index is 13.7. The Bertz CT molecular complexity index is 388. The number of rotatable bonds is 5. The van der Waals surface area contributed by atoms with Crippen LogP contribution in [0.1, 0.15) is 26.3 Å². The lowest BCUT2D eigenvalue weighted by Gasteiger charge is -2.23. The number of hydrogen-bond acceptors (Lipinski definition) is 2. The van der Waals surface area contributed by atoms with Gasteiger partial charge in [-0.2, -0.15) is 0 Å². The monoisotopic (exact) mass is 272 g/mol. The van der Waals surface area contributed by atoms with E-state index in [1.165, 1.54) is 0 Å². The van der Waals surface area contributed by atoms with Crippen molar-refractivity contribution in [3.05, 3.63) is 34.6 Å². The van der Waals surface area contributed by atoms with Gasteiger partial charge in [0.1, 0.15) is 5.82 Å². The van der Waals surface area contributed by atoms with Crippen molar-refractivity contribution in [2.45, 2.75) is 32.9 Å². The quantitative estimate of drug-likeness (QED) is 0.885. The number of benzene rings is 1. The van der Waals surface area contributed by atoms with Crippen LogP contribution in [0.25, 0.3) is 0 Å². The highest BCUT2D eigenvalue weighted by Crippen LogP contribution is 2.18. The SMILES string of the molecule is CN(CCNC(C)(C)C)Cc1cccc(Cl)c1F. The van der Waals surface area contributed by atoms with Gasteiger partial charge in [-0.3, -0.25) is 0 Å². The van der Waals surface area contributed by atoms with E-state index in [0.717, 1.165) is 13.1 Å². The third kappa shape index (κ3) is 5.34. The summed E-state index contributed by atoms with van der Waals surface area (Å²) in [6, 6.07) is 5.12. The van der Waals surface area contributed by atoms with Gasteiger partial charge in [0.25, 0.3) is 0 Å². The first-order chi connectivity index (χ1) is 8.29. The third-order valence-corrected chi connectivity index (χ3v) is 2.91. The first-order valence-electron chi connectivity index (χ1n) is 6.16. The van der Waals surface area contributed by atoms with Crippen LogP contribution in [-0.4, -0.2) is 30.6 Å². The Labute approximate surface area is 114 Å². The molecular weight excluding hydrogens is 251 g/mol. The lowest BCUT2D eigenvalue weighted by atomic mass is 10.1. The smallest absolute Gasteiger partial charge is 0.146 e. The molecule has 1 N–H and O–H groups in total. The van der Waals surface area contributed by atoms with E-state index in [1.54, 1.807) is 18.2 Å². The van der Waals surface area contributed by atoms with Crippen LogP contribution in [0.3, 0.4) is 0 Å². The molecule has 0 saturated heterocycles. The molecule has 0 spiro atoms. The Balaban J connectivity index is 2.45. The molecule has 0 amide bonds. The lowest BCUT2D eigenvalue weighted by molar-refractivity contribution is 0.299. The molecular formula is C14H22ClFN2. The van der Waals surface area contributed by atoms with Crippen molar-refractivity contribution in [2.24, 2.45) is 0 Å². The van der Waals surface area contributed by atoms with Gasteiger partial charge in [0.2, 0.25) is 0 Å². The number of likely N-dealkylation sites (N-methyl/N-ethyl adjacent to an activating group) is 1. The summed E-state index contributed by atoms with van der Waals surface area (Å²) in [4.78, 5) is 2.08. The molecule has 1 rings (SSSR count). The van der Waals surface area contributed by atoms with Crippen molar-refractivity contribution in [3.8, 4) is 0 Å². The van der Waals surface area contributed by atoms with Gasteiger partial charge in [-0.25, -0.2) is 4.39 Å². The highest BCUT2D eigenvalue weighted by atomic mass is 35.5. The third-order valence-electron chi connectivity index (χ3n) is 2.62. The van der Waals surface area contributed by atoms with Crippen molar-refractivity contribution < 1.29 is 4.39 Å². The molecule has 0 aliphatic carbocycles. The van der Waals surface area contributed by atoms with Crippen molar-refractivity contribution in [1.29, 1.82) is 0 Å². The molecule has 18 heavy (non-hydrogen) atoms. The van der Waals surface area contributed by atoms with E-state index in [1.807, 2.05) is 7.05 Å². The lowest BCUT2D eigenvalue weighted by Crippen LogP contribution is -2.40. The largest absolute Gasteiger partial charge is 0.311 e. The zero-order valence-corrected chi connectivity index (χ0v) is 12.3. The molecule has 0 aliphatic heterocycles. The van der Waals surface area contributed by atoms with Crippen LogP contribution in [0.15, 0.2) is 18.2 Å². The molecule has 2 nitrogen and oxygen atoms in total. The molecule has 0 aliphatic rings. The van der Waals surface area contributed by atoms with E-state index in [9.17, 15) is 4.39 Å². The fourth-order valence-electron chi connectivity index (χ4n) is 1.66. The van der Waals surface area contributed by atoms with Gasteiger partial charge in [0.05, 0.1) is 5.02 Å². The molecule has 0 saturated carbocycles. The number of nitrogens with one attached hydrogen (secondary N) is 1. The predicted molar refractivity (Wildman–Crippen MR) is 75.5 cm³/mol. The van der Waals surface area contributed by atoms with Crippen molar-refractivity contribution in [1.82, 2.24) is 10.2 Å². The van der Waals surface area contributed by atoms with Crippen molar-refractivity contribution in [2.75, 3.05) is 20.1 Å². The van der Waals surface area contributed by atoms with Crippen LogP contribution in [0.4, 0.5) is 4.39 Å². The summed E-state index contributed by atoms with van der Waals surface area (Å²) in [6.07, 6.45) is 0. The predicted octanol–water partition coefficient (Wildman–Crippen LogP) is 3.30. The van der Waals surface area contributed by atoms with Gasteiger partial charge in [-0.05, 0) is 33.9 Å². The van der Waals surface area contributed by atoms with Crippen molar-refractivity contribution >= 4 is 11.6 Å². The zero-order chi connectivity index (χ0) is 13.8. The van der Waals surface area contributed by atoms with E-state index < -0.39 is 0 Å². The Morgan fingerprint density at radius 2 is 2.00 bits per heavy atom. The number of nitrogens with zero attached hydrogens (tertiary/aromatic N) is 1. The summed E-state index contributed by atoms with van der Waals surface area (Å²) in [6.45, 7) is 8.69. The minimum atomic E-state index is -0.310. The maximum Gasteiger partial charge on any atom is 0.146 e. The van der Waals surface area contributed by atoms with Crippen LogP contribution < -0.4 is 5.32 Å². The average Bonchev–Trinajstić information content (AvgIpc) is 2.23. The van der Waals surface area contributed by atoms with E-state index in [4.69, 9.17) is 11.6 Å². The van der Waals surface area contributed by atoms with Gasteiger partial charge >= 0.3 is 0 Å². The first kappa shape index (κ1) is 15.4. The van der Waals surface area contributed by atoms with Gasteiger partial charge in [-0.15, -0.1) is 0 Å². The Morgan fingerprint density at radius 3 is 2.61 bits per heavy atom. The Morgan fingerprint density at radius 1 is 1.33 bits per heavy atom. The second-order valence-corrected chi connectivity index (χ2v) is 6.03. The van der Waals surface area contributed by atoms with E-state index >= 15 is 0 Å². The Hall–Kier alpha value is -0.640. The van der Waals surface area contributed by atoms with E-state index in [0.29, 0.717) is 12.1 Å². The van der Waals surface area contributed by atoms with E-state index in [2.05, 4.69) is 31.0 Å². The van der Waals surface area contributed by atoms with Crippen LogP contribution >= 0.6 is 11.6 Å². The minimum Gasteiger partial charge on any atom is -0.311 e. The summed E-state index contributed by atoms with van der Waals surface area (Å²) in [5.74, 6) is -0.310. The molecule has 0 unspecified atom stereocenters. The second kappa shape index (κ2) is 6.50. The summed E-state index contributed by atoms with van der Waals surface area (Å²) >= 11 is 5.76. The Kier molecular flexibility index (Phi) is 5.57. The van der Waals surface area contributed by atoms with Crippen LogP contribution in [0.2, 0.25) is 5.02 Å². The molecule has 0 radical (unpaired) electrons. The maximum atomic E-state index is 13.7. The number of hydrogen-bond donors (Lipinski definition) is 1. The molecule has 1 aromatic carbocycles. The normalized spacial score (nSPS) is 12.2. The van der Waals surface area contributed by atoms with Crippen LogP contribution in [-0.2, 0) is 6.54 Å². The van der Waals surface area contributed by atoms with E-state index in [-0.39, 0.29) is 16.4 Å². The highest BCUT2D eigenvalue weighted by Gasteiger charge is 2.11. The summed E-state index contributed by atoms with van der Waals surface area (Å²) in [7, 11) is 1.98. The molecule has 0 bridgehead atoms. The first-order valence-corrected chi connectivity index (χ1v) is 6.54. The summed E-state index contributed by atoms with van der Waals surface area (Å²) in [5.41, 5.74) is 0.753. The van der Waals surface area contributed by atoms with Gasteiger partial charge in [0, 0.05) is 30.7 Å². The summed E-state index contributed by atoms with van der Waals surface area (Å²) in [5, 5.41) is 3.59. The fraction of sp³-hybridized carbons (Fsp3) is 0.571. The highest BCUT2D eigenvalue weighted by molar-refractivity contribution is 6.30. The minimum absolute atomic E-state index is 0.113. The second-order valence-electron chi connectivity index (χ2n) is 5.63. The van der Waals surface area contributed by atoms with Gasteiger partial charge in [0.15, 0.2) is 0 Å². The van der Waals surface area contributed by atoms with Crippen LogP contribution in [0, 0.1) is 5.82 Å². The topological polar surface area (TPSA) is 15.3 Å². The molecule has 0 aromatic heterocycles. The van der Waals surface area contributed by atoms with Gasteiger partial charge < -0.3 is 10.2 Å². The van der Waals surface area contributed by atoms with Gasteiger partial charge in [-0.1, -0.05) is 23.7 Å². The van der Waals surface area contributed by atoms with Crippen LogP contribution in [0.5, 0.6) is 0 Å². The molecule has 4 heteroatoms. The molecule has 0 atom stereocenters. The molecule has 102 valence electrons. The van der Waals surface area contributed by atoms with Crippen molar-refractivity contribution in [3.63, 3.8) is 0 Å². The summed E-state index contributed by atoms with van der Waals surface area (Å²) < 4.78 is 13.7. The fourth-order valence-corrected chi connectivity index (χ4v) is 1.86. The zero-order valence-electron chi connectivity index (χ0n) is 11.6. The average molecular weight is 273 g/mol. The molecule has 0 fully saturated rings.